The maximum absolute atomic E-state index is 5.97. The molecule has 3 heteroatoms. The lowest BCUT2D eigenvalue weighted by molar-refractivity contribution is 0.514. The van der Waals surface area contributed by atoms with Crippen LogP contribution in [0, 0.1) is 0 Å². The predicted octanol–water partition coefficient (Wildman–Crippen LogP) is 4.58. The molecule has 112 valence electrons. The molecular formula is C18H23ClN2. The van der Waals surface area contributed by atoms with Crippen molar-refractivity contribution >= 4 is 11.6 Å². The topological polar surface area (TPSA) is 24.9 Å². The maximum Gasteiger partial charge on any atom is 0.0608 e. The van der Waals surface area contributed by atoms with Crippen LogP contribution in [-0.4, -0.2) is 11.5 Å². The Morgan fingerprint density at radius 2 is 1.90 bits per heavy atom. The molecule has 0 saturated carbocycles. The van der Waals surface area contributed by atoms with Crippen molar-refractivity contribution in [2.75, 3.05) is 6.54 Å². The number of nitrogens with zero attached hydrogens (tertiary/aromatic N) is 1. The van der Waals surface area contributed by atoms with Crippen molar-refractivity contribution in [1.82, 2.24) is 10.3 Å². The normalized spacial score (nSPS) is 12.3. The minimum atomic E-state index is 0.252. The molecule has 0 aliphatic heterocycles. The third-order valence-corrected chi connectivity index (χ3v) is 3.88. The van der Waals surface area contributed by atoms with Crippen molar-refractivity contribution < 1.29 is 0 Å². The molecule has 1 N–H and O–H groups in total. The number of aromatic nitrogens is 1. The highest BCUT2D eigenvalue weighted by atomic mass is 35.5. The smallest absolute Gasteiger partial charge is 0.0608 e. The molecule has 0 aliphatic rings. The Hall–Kier alpha value is -1.38. The van der Waals surface area contributed by atoms with Gasteiger partial charge < -0.3 is 5.32 Å². The van der Waals surface area contributed by atoms with Gasteiger partial charge in [-0.15, -0.1) is 0 Å². The number of hydrogen-bond acceptors (Lipinski definition) is 2. The van der Waals surface area contributed by atoms with Crippen LogP contribution in [0.3, 0.4) is 0 Å². The van der Waals surface area contributed by atoms with Gasteiger partial charge in [-0.05, 0) is 55.1 Å². The summed E-state index contributed by atoms with van der Waals surface area (Å²) in [5.74, 6) is 0. The zero-order chi connectivity index (χ0) is 15.1. The van der Waals surface area contributed by atoms with Crippen LogP contribution in [-0.2, 0) is 12.8 Å². The molecule has 1 aromatic carbocycles. The average molecular weight is 303 g/mol. The highest BCUT2D eigenvalue weighted by Crippen LogP contribution is 2.21. The highest BCUT2D eigenvalue weighted by Gasteiger charge is 2.16. The van der Waals surface area contributed by atoms with E-state index < -0.39 is 0 Å². The van der Waals surface area contributed by atoms with Gasteiger partial charge in [0.1, 0.15) is 0 Å². The second kappa shape index (κ2) is 8.16. The number of nitrogens with one attached hydrogen (secondary N) is 1. The summed E-state index contributed by atoms with van der Waals surface area (Å²) >= 11 is 5.97. The highest BCUT2D eigenvalue weighted by molar-refractivity contribution is 6.30. The summed E-state index contributed by atoms with van der Waals surface area (Å²) < 4.78 is 0. The molecule has 2 rings (SSSR count). The first-order valence-electron chi connectivity index (χ1n) is 7.66. The minimum absolute atomic E-state index is 0.252. The first kappa shape index (κ1) is 16.0. The van der Waals surface area contributed by atoms with E-state index in [2.05, 4.69) is 42.3 Å². The van der Waals surface area contributed by atoms with E-state index in [9.17, 15) is 0 Å². The number of benzene rings is 1. The third kappa shape index (κ3) is 4.55. The Labute approximate surface area is 132 Å². The summed E-state index contributed by atoms with van der Waals surface area (Å²) in [6.07, 6.45) is 4.94. The summed E-state index contributed by atoms with van der Waals surface area (Å²) in [5, 5.41) is 4.41. The van der Waals surface area contributed by atoms with E-state index in [1.807, 2.05) is 24.4 Å². The van der Waals surface area contributed by atoms with Gasteiger partial charge >= 0.3 is 0 Å². The van der Waals surface area contributed by atoms with Crippen molar-refractivity contribution in [3.8, 4) is 0 Å². The first-order chi connectivity index (χ1) is 10.2. The monoisotopic (exact) mass is 302 g/mol. The van der Waals surface area contributed by atoms with Crippen LogP contribution < -0.4 is 5.32 Å². The van der Waals surface area contributed by atoms with Crippen LogP contribution in [0.2, 0.25) is 5.02 Å². The fourth-order valence-electron chi connectivity index (χ4n) is 2.50. The Morgan fingerprint density at radius 1 is 1.14 bits per heavy atom. The second-order valence-electron chi connectivity index (χ2n) is 5.24. The molecule has 2 nitrogen and oxygen atoms in total. The molecule has 1 heterocycles. The van der Waals surface area contributed by atoms with Crippen molar-refractivity contribution in [2.24, 2.45) is 0 Å². The second-order valence-corrected chi connectivity index (χ2v) is 5.68. The lowest BCUT2D eigenvalue weighted by Gasteiger charge is -2.20. The van der Waals surface area contributed by atoms with Gasteiger partial charge in [0.15, 0.2) is 0 Å². The molecule has 2 aromatic rings. The maximum atomic E-state index is 5.97. The number of pyridine rings is 1. The molecular weight excluding hydrogens is 280 g/mol. The summed E-state index contributed by atoms with van der Waals surface area (Å²) in [5.41, 5.74) is 3.77. The summed E-state index contributed by atoms with van der Waals surface area (Å²) in [4.78, 5) is 4.63. The van der Waals surface area contributed by atoms with Crippen molar-refractivity contribution in [2.45, 2.75) is 39.2 Å². The van der Waals surface area contributed by atoms with E-state index in [0.29, 0.717) is 0 Å². The number of halogens is 1. The van der Waals surface area contributed by atoms with Gasteiger partial charge in [-0.2, -0.15) is 0 Å². The average Bonchev–Trinajstić information content (AvgIpc) is 2.53. The Balaban J connectivity index is 2.23. The van der Waals surface area contributed by atoms with Gasteiger partial charge in [0.25, 0.3) is 0 Å². The van der Waals surface area contributed by atoms with Crippen LogP contribution in [0.15, 0.2) is 42.6 Å². The molecule has 1 atom stereocenters. The molecule has 1 aromatic heterocycles. The molecule has 0 spiro atoms. The third-order valence-electron chi connectivity index (χ3n) is 3.63. The molecule has 0 fully saturated rings. The van der Waals surface area contributed by atoms with Crippen LogP contribution in [0.5, 0.6) is 0 Å². The molecule has 21 heavy (non-hydrogen) atoms. The van der Waals surface area contributed by atoms with Crippen LogP contribution >= 0.6 is 11.6 Å². The molecule has 1 unspecified atom stereocenters. The largest absolute Gasteiger partial charge is 0.308 e. The zero-order valence-electron chi connectivity index (χ0n) is 12.8. The molecule has 0 saturated heterocycles. The lowest BCUT2D eigenvalue weighted by atomic mass is 9.98. The van der Waals surface area contributed by atoms with Gasteiger partial charge in [0.05, 0.1) is 11.7 Å². The minimum Gasteiger partial charge on any atom is -0.308 e. The van der Waals surface area contributed by atoms with Gasteiger partial charge in [-0.1, -0.05) is 43.6 Å². The summed E-state index contributed by atoms with van der Waals surface area (Å²) in [6.45, 7) is 5.36. The summed E-state index contributed by atoms with van der Waals surface area (Å²) in [6, 6.07) is 12.5. The van der Waals surface area contributed by atoms with E-state index in [1.165, 1.54) is 16.8 Å². The Morgan fingerprint density at radius 3 is 2.57 bits per heavy atom. The molecule has 0 aliphatic carbocycles. The number of rotatable bonds is 7. The van der Waals surface area contributed by atoms with E-state index >= 15 is 0 Å². The SMILES string of the molecule is CCCNC(Cc1ccc(Cl)cc1)c1ncccc1CC. The quantitative estimate of drug-likeness (QED) is 0.809. The van der Waals surface area contributed by atoms with E-state index in [1.54, 1.807) is 0 Å². The first-order valence-corrected chi connectivity index (χ1v) is 8.04. The molecule has 0 radical (unpaired) electrons. The zero-order valence-corrected chi connectivity index (χ0v) is 13.5. The van der Waals surface area contributed by atoms with Gasteiger partial charge in [-0.3, -0.25) is 4.98 Å². The van der Waals surface area contributed by atoms with Gasteiger partial charge in [-0.25, -0.2) is 0 Å². The Kier molecular flexibility index (Phi) is 6.21. The fourth-order valence-corrected chi connectivity index (χ4v) is 2.63. The van der Waals surface area contributed by atoms with Crippen molar-refractivity contribution in [3.05, 3.63) is 64.4 Å². The van der Waals surface area contributed by atoms with E-state index in [-0.39, 0.29) is 6.04 Å². The van der Waals surface area contributed by atoms with Gasteiger partial charge in [0, 0.05) is 11.2 Å². The standard InChI is InChI=1S/C18H23ClN2/c1-3-11-20-17(13-14-7-9-16(19)10-8-14)18-15(4-2)6-5-12-21-18/h5-10,12,17,20H,3-4,11,13H2,1-2H3. The number of hydrogen-bond donors (Lipinski definition) is 1. The number of aryl methyl sites for hydroxylation is 1. The van der Waals surface area contributed by atoms with Gasteiger partial charge in [0.2, 0.25) is 0 Å². The lowest BCUT2D eigenvalue weighted by Crippen LogP contribution is -2.26. The fraction of sp³-hybridized carbons (Fsp3) is 0.389. The van der Waals surface area contributed by atoms with Crippen LogP contribution in [0.4, 0.5) is 0 Å². The van der Waals surface area contributed by atoms with Crippen molar-refractivity contribution in [1.29, 1.82) is 0 Å². The summed E-state index contributed by atoms with van der Waals surface area (Å²) in [7, 11) is 0. The molecule has 0 bridgehead atoms. The van der Waals surface area contributed by atoms with E-state index in [0.717, 1.165) is 30.8 Å². The van der Waals surface area contributed by atoms with Crippen LogP contribution in [0.25, 0.3) is 0 Å². The molecule has 0 amide bonds. The van der Waals surface area contributed by atoms with E-state index in [4.69, 9.17) is 11.6 Å². The predicted molar refractivity (Wildman–Crippen MR) is 89.8 cm³/mol. The van der Waals surface area contributed by atoms with Crippen molar-refractivity contribution in [3.63, 3.8) is 0 Å². The van der Waals surface area contributed by atoms with Crippen LogP contribution in [0.1, 0.15) is 43.1 Å². The Bertz CT molecular complexity index is 551.